The molecule has 0 unspecified atom stereocenters. The monoisotopic (exact) mass is 331 g/mol. The Morgan fingerprint density at radius 2 is 1.96 bits per heavy atom. The Balaban J connectivity index is 2.12. The minimum Gasteiger partial charge on any atom is -0.481 e. The Labute approximate surface area is 142 Å². The third-order valence-corrected chi connectivity index (χ3v) is 4.03. The highest BCUT2D eigenvalue weighted by atomic mass is 35.5. The van der Waals surface area contributed by atoms with Crippen LogP contribution in [-0.2, 0) is 11.2 Å². The Kier molecular flexibility index (Phi) is 5.67. The number of halogens is 1. The van der Waals surface area contributed by atoms with Gasteiger partial charge >= 0.3 is 0 Å². The molecule has 0 aliphatic rings. The molecule has 122 valence electrons. The van der Waals surface area contributed by atoms with Crippen LogP contribution in [0.3, 0.4) is 0 Å². The van der Waals surface area contributed by atoms with Crippen LogP contribution in [-0.4, -0.2) is 12.0 Å². The summed E-state index contributed by atoms with van der Waals surface area (Å²) in [5.74, 6) is 0.501. The number of aryl methyl sites for hydroxylation is 3. The third-order valence-electron chi connectivity index (χ3n) is 3.80. The van der Waals surface area contributed by atoms with E-state index >= 15 is 0 Å². The first kappa shape index (κ1) is 17.4. The van der Waals surface area contributed by atoms with Crippen molar-refractivity contribution in [2.45, 2.75) is 40.2 Å². The number of hydrogen-bond donors (Lipinski definition) is 1. The number of ether oxygens (including phenoxy) is 1. The average molecular weight is 332 g/mol. The van der Waals surface area contributed by atoms with Crippen molar-refractivity contribution in [1.82, 2.24) is 0 Å². The van der Waals surface area contributed by atoms with Gasteiger partial charge in [-0.05, 0) is 62.1 Å². The van der Waals surface area contributed by atoms with Crippen LogP contribution in [0, 0.1) is 13.8 Å². The van der Waals surface area contributed by atoms with Crippen LogP contribution < -0.4 is 10.1 Å². The van der Waals surface area contributed by atoms with Gasteiger partial charge in [0.05, 0.1) is 0 Å². The fourth-order valence-electron chi connectivity index (χ4n) is 2.42. The molecular weight excluding hydrogens is 310 g/mol. The van der Waals surface area contributed by atoms with Crippen LogP contribution in [0.15, 0.2) is 36.4 Å². The van der Waals surface area contributed by atoms with Crippen molar-refractivity contribution in [2.24, 2.45) is 0 Å². The zero-order valence-corrected chi connectivity index (χ0v) is 14.7. The van der Waals surface area contributed by atoms with E-state index in [1.165, 1.54) is 0 Å². The van der Waals surface area contributed by atoms with Gasteiger partial charge < -0.3 is 10.1 Å². The van der Waals surface area contributed by atoms with Crippen molar-refractivity contribution in [3.05, 3.63) is 58.1 Å². The van der Waals surface area contributed by atoms with Gasteiger partial charge in [0.2, 0.25) is 0 Å². The lowest BCUT2D eigenvalue weighted by atomic mass is 10.1. The smallest absolute Gasteiger partial charge is 0.265 e. The van der Waals surface area contributed by atoms with Gasteiger partial charge in [0.15, 0.2) is 6.10 Å². The predicted octanol–water partition coefficient (Wildman–Crippen LogP) is 4.93. The summed E-state index contributed by atoms with van der Waals surface area (Å²) >= 11 is 5.94. The lowest BCUT2D eigenvalue weighted by Crippen LogP contribution is -2.31. The van der Waals surface area contributed by atoms with Crippen molar-refractivity contribution < 1.29 is 9.53 Å². The molecule has 0 aromatic heterocycles. The molecule has 23 heavy (non-hydrogen) atoms. The van der Waals surface area contributed by atoms with E-state index in [0.29, 0.717) is 10.8 Å². The second-order valence-electron chi connectivity index (χ2n) is 5.62. The maximum absolute atomic E-state index is 12.5. The van der Waals surface area contributed by atoms with Crippen molar-refractivity contribution in [3.8, 4) is 5.75 Å². The number of amides is 1. The Bertz CT molecular complexity index is 713. The molecular formula is C19H22ClNO2. The highest BCUT2D eigenvalue weighted by Crippen LogP contribution is 2.24. The van der Waals surface area contributed by atoms with Crippen molar-refractivity contribution in [1.29, 1.82) is 0 Å². The fraction of sp³-hybridized carbons (Fsp3) is 0.316. The number of carbonyl (C=O) groups excluding carboxylic acids is 1. The second kappa shape index (κ2) is 7.51. The summed E-state index contributed by atoms with van der Waals surface area (Å²) in [4.78, 5) is 12.5. The van der Waals surface area contributed by atoms with Gasteiger partial charge in [-0.25, -0.2) is 0 Å². The first-order chi connectivity index (χ1) is 10.9. The van der Waals surface area contributed by atoms with Gasteiger partial charge in [-0.2, -0.15) is 0 Å². The largest absolute Gasteiger partial charge is 0.481 e. The van der Waals surface area contributed by atoms with Crippen LogP contribution >= 0.6 is 11.6 Å². The van der Waals surface area contributed by atoms with E-state index in [9.17, 15) is 4.79 Å². The lowest BCUT2D eigenvalue weighted by molar-refractivity contribution is -0.122. The van der Waals surface area contributed by atoms with Crippen molar-refractivity contribution in [2.75, 3.05) is 5.32 Å². The van der Waals surface area contributed by atoms with Crippen LogP contribution in [0.4, 0.5) is 5.69 Å². The first-order valence-electron chi connectivity index (χ1n) is 7.74. The molecule has 4 heteroatoms. The Hall–Kier alpha value is -2.00. The van der Waals surface area contributed by atoms with Gasteiger partial charge in [-0.1, -0.05) is 36.7 Å². The quantitative estimate of drug-likeness (QED) is 0.844. The van der Waals surface area contributed by atoms with Crippen LogP contribution in [0.25, 0.3) is 0 Å². The summed E-state index contributed by atoms with van der Waals surface area (Å²) in [5.41, 5.74) is 3.95. The Morgan fingerprint density at radius 3 is 2.61 bits per heavy atom. The van der Waals surface area contributed by atoms with E-state index in [1.807, 2.05) is 38.1 Å². The average Bonchev–Trinajstić information content (AvgIpc) is 2.51. The number of anilines is 1. The number of nitrogens with one attached hydrogen (secondary N) is 1. The third kappa shape index (κ3) is 4.26. The first-order valence-corrected chi connectivity index (χ1v) is 8.12. The predicted molar refractivity (Wildman–Crippen MR) is 95.5 cm³/mol. The lowest BCUT2D eigenvalue weighted by Gasteiger charge is -2.18. The molecule has 0 saturated heterocycles. The standard InChI is InChI=1S/C19H22ClNO2/c1-5-15-8-6-7-12(2)18(15)21-19(22)14(4)23-17-10-9-16(20)11-13(17)3/h6-11,14H,5H2,1-4H3,(H,21,22)/t14-/m0/s1. The van der Waals surface area contributed by atoms with Gasteiger partial charge in [-0.15, -0.1) is 0 Å². The molecule has 0 bridgehead atoms. The molecule has 0 radical (unpaired) electrons. The summed E-state index contributed by atoms with van der Waals surface area (Å²) in [6, 6.07) is 11.4. The fourth-order valence-corrected chi connectivity index (χ4v) is 2.64. The van der Waals surface area contributed by atoms with E-state index < -0.39 is 6.10 Å². The highest BCUT2D eigenvalue weighted by molar-refractivity contribution is 6.30. The number of hydrogen-bond acceptors (Lipinski definition) is 2. The van der Waals surface area contributed by atoms with E-state index in [0.717, 1.165) is 28.8 Å². The van der Waals surface area contributed by atoms with Gasteiger partial charge in [0, 0.05) is 10.7 Å². The molecule has 0 heterocycles. The number of carbonyl (C=O) groups is 1. The summed E-state index contributed by atoms with van der Waals surface area (Å²) < 4.78 is 5.78. The van der Waals surface area contributed by atoms with Crippen molar-refractivity contribution in [3.63, 3.8) is 0 Å². The molecule has 1 amide bonds. The maximum Gasteiger partial charge on any atom is 0.265 e. The molecule has 0 aliphatic heterocycles. The maximum atomic E-state index is 12.5. The van der Waals surface area contributed by atoms with Gasteiger partial charge in [0.1, 0.15) is 5.75 Å². The van der Waals surface area contributed by atoms with Crippen LogP contribution in [0.2, 0.25) is 5.02 Å². The molecule has 1 N–H and O–H groups in total. The summed E-state index contributed by atoms with van der Waals surface area (Å²) in [6.45, 7) is 7.71. The van der Waals surface area contributed by atoms with Gasteiger partial charge in [0.25, 0.3) is 5.91 Å². The zero-order valence-electron chi connectivity index (χ0n) is 13.9. The molecule has 3 nitrogen and oxygen atoms in total. The van der Waals surface area contributed by atoms with Crippen LogP contribution in [0.5, 0.6) is 5.75 Å². The molecule has 2 aromatic carbocycles. The number of benzene rings is 2. The van der Waals surface area contributed by atoms with Crippen molar-refractivity contribution >= 4 is 23.2 Å². The molecule has 0 saturated carbocycles. The van der Waals surface area contributed by atoms with Gasteiger partial charge in [-0.3, -0.25) is 4.79 Å². The molecule has 1 atom stereocenters. The van der Waals surface area contributed by atoms with E-state index in [-0.39, 0.29) is 5.91 Å². The summed E-state index contributed by atoms with van der Waals surface area (Å²) in [7, 11) is 0. The minimum absolute atomic E-state index is 0.164. The molecule has 2 rings (SSSR count). The normalized spacial score (nSPS) is 11.9. The highest BCUT2D eigenvalue weighted by Gasteiger charge is 2.18. The summed E-state index contributed by atoms with van der Waals surface area (Å²) in [5, 5.41) is 3.64. The minimum atomic E-state index is -0.598. The van der Waals surface area contributed by atoms with E-state index in [1.54, 1.807) is 19.1 Å². The molecule has 0 fully saturated rings. The van der Waals surface area contributed by atoms with E-state index in [2.05, 4.69) is 12.2 Å². The Morgan fingerprint density at radius 1 is 1.22 bits per heavy atom. The van der Waals surface area contributed by atoms with E-state index in [4.69, 9.17) is 16.3 Å². The molecule has 2 aromatic rings. The van der Waals surface area contributed by atoms with Crippen LogP contribution in [0.1, 0.15) is 30.5 Å². The summed E-state index contributed by atoms with van der Waals surface area (Å²) in [6.07, 6.45) is 0.266. The molecule has 0 aliphatic carbocycles. The second-order valence-corrected chi connectivity index (χ2v) is 6.06. The number of rotatable bonds is 5. The zero-order chi connectivity index (χ0) is 17.0. The number of para-hydroxylation sites is 1. The topological polar surface area (TPSA) is 38.3 Å². The molecule has 0 spiro atoms. The SMILES string of the molecule is CCc1cccc(C)c1NC(=O)[C@H](C)Oc1ccc(Cl)cc1C.